The van der Waals surface area contributed by atoms with Gasteiger partial charge < -0.3 is 25.6 Å². The van der Waals surface area contributed by atoms with Crippen LogP contribution in [-0.2, 0) is 11.3 Å². The van der Waals surface area contributed by atoms with Gasteiger partial charge in [0, 0.05) is 20.2 Å². The molecular weight excluding hydrogens is 248 g/mol. The molecule has 0 aliphatic carbocycles. The number of hydrogen-bond acceptors (Lipinski definition) is 7. The number of nitrogens with one attached hydrogen (secondary N) is 2. The van der Waals surface area contributed by atoms with E-state index in [4.69, 9.17) is 4.74 Å². The average molecular weight is 270 g/mol. The lowest BCUT2D eigenvalue weighted by Crippen LogP contribution is -2.45. The first-order valence-corrected chi connectivity index (χ1v) is 6.17. The van der Waals surface area contributed by atoms with Crippen LogP contribution in [-0.4, -0.2) is 53.1 Å². The Kier molecular flexibility index (Phi) is 5.94. The number of hydrogen-bond donors (Lipinski definition) is 4. The van der Waals surface area contributed by atoms with Crippen LogP contribution in [0.3, 0.4) is 0 Å². The molecule has 1 rings (SSSR count). The molecule has 0 radical (unpaired) electrons. The molecule has 1 aromatic rings. The highest BCUT2D eigenvalue weighted by atomic mass is 16.5. The van der Waals surface area contributed by atoms with Crippen LogP contribution in [0.5, 0.6) is 0 Å². The number of ether oxygens (including phenoxy) is 1. The maximum Gasteiger partial charge on any atom is 0.158 e. The van der Waals surface area contributed by atoms with E-state index in [1.807, 2.05) is 6.92 Å². The molecule has 0 bridgehead atoms. The summed E-state index contributed by atoms with van der Waals surface area (Å²) in [4.78, 5) is 8.53. The monoisotopic (exact) mass is 270 g/mol. The van der Waals surface area contributed by atoms with Gasteiger partial charge in [0.15, 0.2) is 5.82 Å². The van der Waals surface area contributed by atoms with Crippen molar-refractivity contribution in [2.24, 2.45) is 0 Å². The zero-order valence-corrected chi connectivity index (χ0v) is 11.6. The van der Waals surface area contributed by atoms with Crippen molar-refractivity contribution in [3.63, 3.8) is 0 Å². The van der Waals surface area contributed by atoms with Crippen molar-refractivity contribution in [3.8, 4) is 0 Å². The summed E-state index contributed by atoms with van der Waals surface area (Å²) in [7, 11) is 3.33. The Morgan fingerprint density at radius 2 is 1.89 bits per heavy atom. The highest BCUT2D eigenvalue weighted by Gasteiger charge is 2.27. The summed E-state index contributed by atoms with van der Waals surface area (Å²) in [5.74, 6) is 1.71. The van der Waals surface area contributed by atoms with Crippen molar-refractivity contribution in [1.82, 2.24) is 9.97 Å². The van der Waals surface area contributed by atoms with Gasteiger partial charge >= 0.3 is 0 Å². The van der Waals surface area contributed by atoms with Crippen molar-refractivity contribution in [1.29, 1.82) is 0 Å². The van der Waals surface area contributed by atoms with Gasteiger partial charge in [-0.25, -0.2) is 9.97 Å². The molecule has 0 saturated heterocycles. The Morgan fingerprint density at radius 1 is 1.26 bits per heavy atom. The second-order valence-corrected chi connectivity index (χ2v) is 4.31. The fourth-order valence-electron chi connectivity index (χ4n) is 1.60. The predicted molar refractivity (Wildman–Crippen MR) is 73.1 cm³/mol. The number of aliphatic hydroxyl groups excluding tert-OH is 2. The summed E-state index contributed by atoms with van der Waals surface area (Å²) in [6.45, 7) is 1.81. The third-order valence-corrected chi connectivity index (χ3v) is 2.98. The van der Waals surface area contributed by atoms with Crippen LogP contribution >= 0.6 is 0 Å². The SMILES string of the molecule is CCC(CO)(CO)Nc1cc(NC)nc(COC)n1. The third-order valence-electron chi connectivity index (χ3n) is 2.98. The first-order chi connectivity index (χ1) is 9.12. The second kappa shape index (κ2) is 7.22. The van der Waals surface area contributed by atoms with Gasteiger partial charge in [0.1, 0.15) is 18.2 Å². The van der Waals surface area contributed by atoms with E-state index in [0.717, 1.165) is 0 Å². The van der Waals surface area contributed by atoms with Crippen molar-refractivity contribution < 1.29 is 14.9 Å². The quantitative estimate of drug-likeness (QED) is 0.536. The van der Waals surface area contributed by atoms with Crippen LogP contribution in [0.25, 0.3) is 0 Å². The zero-order chi connectivity index (χ0) is 14.3. The standard InChI is InChI=1S/C12H22N4O3/c1-4-12(7-17,8-18)16-10-5-9(13-2)14-11(15-10)6-19-3/h5,17-18H,4,6-8H2,1-3H3,(H2,13,14,15,16). The summed E-state index contributed by atoms with van der Waals surface area (Å²) in [5, 5.41) is 24.9. The highest BCUT2D eigenvalue weighted by molar-refractivity contribution is 5.48. The summed E-state index contributed by atoms with van der Waals surface area (Å²) in [6.07, 6.45) is 0.568. The van der Waals surface area contributed by atoms with E-state index in [1.54, 1.807) is 20.2 Å². The van der Waals surface area contributed by atoms with E-state index in [-0.39, 0.29) is 13.2 Å². The lowest BCUT2D eigenvalue weighted by Gasteiger charge is -2.30. The maximum atomic E-state index is 9.43. The first-order valence-electron chi connectivity index (χ1n) is 6.17. The van der Waals surface area contributed by atoms with Crippen molar-refractivity contribution >= 4 is 11.6 Å². The van der Waals surface area contributed by atoms with E-state index < -0.39 is 5.54 Å². The third kappa shape index (κ3) is 4.02. The zero-order valence-electron chi connectivity index (χ0n) is 11.6. The molecule has 19 heavy (non-hydrogen) atoms. The van der Waals surface area contributed by atoms with Crippen LogP contribution in [0.15, 0.2) is 6.07 Å². The van der Waals surface area contributed by atoms with E-state index >= 15 is 0 Å². The van der Waals surface area contributed by atoms with E-state index in [0.29, 0.717) is 30.5 Å². The van der Waals surface area contributed by atoms with Crippen molar-refractivity contribution in [2.45, 2.75) is 25.5 Å². The lowest BCUT2D eigenvalue weighted by molar-refractivity contribution is 0.132. The topological polar surface area (TPSA) is 99.5 Å². The first kappa shape index (κ1) is 15.6. The normalized spacial score (nSPS) is 11.4. The van der Waals surface area contributed by atoms with E-state index in [9.17, 15) is 10.2 Å². The fourth-order valence-corrected chi connectivity index (χ4v) is 1.60. The highest BCUT2D eigenvalue weighted by Crippen LogP contribution is 2.19. The Bertz CT molecular complexity index is 388. The Balaban J connectivity index is 3.01. The van der Waals surface area contributed by atoms with Gasteiger partial charge in [-0.3, -0.25) is 0 Å². The van der Waals surface area contributed by atoms with Crippen LogP contribution in [0.2, 0.25) is 0 Å². The molecule has 108 valence electrons. The smallest absolute Gasteiger partial charge is 0.158 e. The molecular formula is C12H22N4O3. The molecule has 0 amide bonds. The molecule has 7 heteroatoms. The molecule has 0 unspecified atom stereocenters. The summed E-state index contributed by atoms with van der Waals surface area (Å²) >= 11 is 0. The lowest BCUT2D eigenvalue weighted by atomic mass is 9.98. The van der Waals surface area contributed by atoms with Crippen molar-refractivity contribution in [3.05, 3.63) is 11.9 Å². The Morgan fingerprint density at radius 3 is 2.37 bits per heavy atom. The molecule has 0 atom stereocenters. The largest absolute Gasteiger partial charge is 0.394 e. The average Bonchev–Trinajstić information content (AvgIpc) is 2.45. The molecule has 4 N–H and O–H groups in total. The van der Waals surface area contributed by atoms with Gasteiger partial charge in [-0.15, -0.1) is 0 Å². The Hall–Kier alpha value is -1.44. The summed E-state index contributed by atoms with van der Waals surface area (Å²) < 4.78 is 5.01. The maximum absolute atomic E-state index is 9.43. The minimum absolute atomic E-state index is 0.182. The molecule has 1 heterocycles. The van der Waals surface area contributed by atoms with Crippen LogP contribution in [0, 0.1) is 0 Å². The van der Waals surface area contributed by atoms with Gasteiger partial charge in [0.2, 0.25) is 0 Å². The van der Waals surface area contributed by atoms with Gasteiger partial charge in [0.05, 0.1) is 18.8 Å². The molecule has 0 spiro atoms. The minimum atomic E-state index is -0.788. The number of rotatable bonds is 8. The number of aromatic nitrogens is 2. The molecule has 0 fully saturated rings. The summed E-state index contributed by atoms with van der Waals surface area (Å²) in [5.41, 5.74) is -0.788. The van der Waals surface area contributed by atoms with Gasteiger partial charge in [-0.05, 0) is 6.42 Å². The number of anilines is 2. The second-order valence-electron chi connectivity index (χ2n) is 4.31. The molecule has 0 aliphatic heterocycles. The van der Waals surface area contributed by atoms with E-state index in [2.05, 4.69) is 20.6 Å². The molecule has 0 aromatic carbocycles. The van der Waals surface area contributed by atoms with Crippen LogP contribution < -0.4 is 10.6 Å². The predicted octanol–water partition coefficient (Wildman–Crippen LogP) is 0.210. The molecule has 1 aromatic heterocycles. The van der Waals surface area contributed by atoms with Crippen LogP contribution in [0.1, 0.15) is 19.2 Å². The molecule has 7 nitrogen and oxygen atoms in total. The fraction of sp³-hybridized carbons (Fsp3) is 0.667. The van der Waals surface area contributed by atoms with Crippen LogP contribution in [0.4, 0.5) is 11.6 Å². The van der Waals surface area contributed by atoms with Crippen molar-refractivity contribution in [2.75, 3.05) is 38.0 Å². The molecule has 0 saturated carbocycles. The van der Waals surface area contributed by atoms with Gasteiger partial charge in [0.25, 0.3) is 0 Å². The Labute approximate surface area is 113 Å². The summed E-state index contributed by atoms with van der Waals surface area (Å²) in [6, 6.07) is 1.72. The van der Waals surface area contributed by atoms with Gasteiger partial charge in [-0.2, -0.15) is 0 Å². The van der Waals surface area contributed by atoms with Gasteiger partial charge in [-0.1, -0.05) is 6.92 Å². The number of aliphatic hydroxyl groups is 2. The minimum Gasteiger partial charge on any atom is -0.394 e. The number of nitrogens with zero attached hydrogens (tertiary/aromatic N) is 2. The molecule has 0 aliphatic rings. The number of methoxy groups -OCH3 is 1. The van der Waals surface area contributed by atoms with E-state index in [1.165, 1.54) is 0 Å².